The fraction of sp³-hybridized carbons (Fsp3) is 0.391. The highest BCUT2D eigenvalue weighted by Crippen LogP contribution is 2.50. The Morgan fingerprint density at radius 2 is 1.74 bits per heavy atom. The summed E-state index contributed by atoms with van der Waals surface area (Å²) in [4.78, 5) is 29.2. The molecule has 0 radical (unpaired) electrons. The fourth-order valence-corrected chi connectivity index (χ4v) is 5.24. The van der Waals surface area contributed by atoms with Gasteiger partial charge in [0.05, 0.1) is 16.3 Å². The van der Waals surface area contributed by atoms with Crippen LogP contribution in [0.15, 0.2) is 36.4 Å². The van der Waals surface area contributed by atoms with Crippen molar-refractivity contribution in [2.45, 2.75) is 43.4 Å². The summed E-state index contributed by atoms with van der Waals surface area (Å²) in [6.07, 6.45) is 4.67. The van der Waals surface area contributed by atoms with Crippen LogP contribution in [0.3, 0.4) is 0 Å². The Morgan fingerprint density at radius 3 is 2.32 bits per heavy atom. The van der Waals surface area contributed by atoms with Gasteiger partial charge < -0.3 is 15.1 Å². The molecule has 1 heterocycles. The van der Waals surface area contributed by atoms with Crippen LogP contribution in [0.1, 0.15) is 47.2 Å². The first-order valence-corrected chi connectivity index (χ1v) is 11.2. The molecule has 1 aliphatic heterocycles. The minimum absolute atomic E-state index is 0.0226. The van der Waals surface area contributed by atoms with Crippen LogP contribution < -0.4 is 4.90 Å². The van der Waals surface area contributed by atoms with E-state index >= 15 is 0 Å². The molecule has 2 N–H and O–H groups in total. The van der Waals surface area contributed by atoms with Gasteiger partial charge in [-0.3, -0.25) is 9.69 Å². The molecule has 2 aromatic rings. The molecule has 31 heavy (non-hydrogen) atoms. The van der Waals surface area contributed by atoms with E-state index in [0.717, 1.165) is 0 Å². The van der Waals surface area contributed by atoms with Crippen molar-refractivity contribution in [2.75, 3.05) is 18.0 Å². The number of rotatable bonds is 7. The number of carbonyl (C=O) groups excluding carboxylic acids is 1. The van der Waals surface area contributed by atoms with Crippen molar-refractivity contribution in [3.63, 3.8) is 0 Å². The lowest BCUT2D eigenvalue weighted by Gasteiger charge is -2.27. The molecule has 1 amide bonds. The largest absolute Gasteiger partial charge is 0.478 e. The van der Waals surface area contributed by atoms with E-state index in [1.165, 1.54) is 42.7 Å². The summed E-state index contributed by atoms with van der Waals surface area (Å²) in [5.41, 5.74) is -1.38. The third-order valence-corrected chi connectivity index (χ3v) is 7.03. The number of aromatic carboxylic acids is 1. The average molecular weight is 461 g/mol. The first-order valence-electron chi connectivity index (χ1n) is 10.4. The Hall–Kier alpha value is -2.12. The van der Waals surface area contributed by atoms with Crippen LogP contribution in [0, 0.1) is 0 Å². The van der Waals surface area contributed by atoms with Crippen LogP contribution in [0.2, 0.25) is 10.0 Å². The molecule has 2 aromatic carbocycles. The van der Waals surface area contributed by atoms with Crippen LogP contribution in [0.25, 0.3) is 0 Å². The van der Waals surface area contributed by atoms with Gasteiger partial charge in [0.15, 0.2) is 5.60 Å². The summed E-state index contributed by atoms with van der Waals surface area (Å²) in [5.74, 6) is -1.71. The molecule has 8 heteroatoms. The SMILES string of the molecule is O=C(O)c1cc(Cl)c2c(c1)N(CCN(C1CC1)C1CC1)C(=O)C2(O)c1ccccc1Cl. The molecule has 162 valence electrons. The third kappa shape index (κ3) is 3.42. The lowest BCUT2D eigenvalue weighted by molar-refractivity contribution is -0.132. The molecular formula is C23H22Cl2N2O4. The molecule has 2 saturated carbocycles. The maximum atomic E-state index is 13.6. The highest BCUT2D eigenvalue weighted by Gasteiger charge is 2.54. The number of halogens is 2. The van der Waals surface area contributed by atoms with Gasteiger partial charge in [0.25, 0.3) is 5.91 Å². The number of fused-ring (bicyclic) bond motifs is 1. The Labute approximate surface area is 190 Å². The predicted molar refractivity (Wildman–Crippen MR) is 118 cm³/mol. The van der Waals surface area contributed by atoms with Crippen molar-refractivity contribution in [3.05, 3.63) is 63.1 Å². The van der Waals surface area contributed by atoms with Crippen molar-refractivity contribution in [2.24, 2.45) is 0 Å². The lowest BCUT2D eigenvalue weighted by atomic mass is 9.87. The van der Waals surface area contributed by atoms with Gasteiger partial charge in [0, 0.05) is 41.3 Å². The van der Waals surface area contributed by atoms with Gasteiger partial charge in [-0.1, -0.05) is 41.4 Å². The van der Waals surface area contributed by atoms with Gasteiger partial charge in [-0.15, -0.1) is 0 Å². The van der Waals surface area contributed by atoms with Crippen molar-refractivity contribution < 1.29 is 19.8 Å². The normalized spacial score (nSPS) is 22.8. The second kappa shape index (κ2) is 7.48. The van der Waals surface area contributed by atoms with E-state index in [1.54, 1.807) is 24.3 Å². The average Bonchev–Trinajstić information content (AvgIpc) is 3.64. The van der Waals surface area contributed by atoms with Crippen LogP contribution in [-0.4, -0.2) is 52.2 Å². The fourth-order valence-electron chi connectivity index (χ4n) is 4.62. The number of amides is 1. The van der Waals surface area contributed by atoms with Crippen molar-refractivity contribution in [1.29, 1.82) is 0 Å². The zero-order valence-corrected chi connectivity index (χ0v) is 18.2. The molecule has 0 bridgehead atoms. The van der Waals surface area contributed by atoms with Gasteiger partial charge in [-0.2, -0.15) is 0 Å². The zero-order valence-electron chi connectivity index (χ0n) is 16.7. The smallest absolute Gasteiger partial charge is 0.335 e. The first kappa shape index (κ1) is 20.8. The van der Waals surface area contributed by atoms with Gasteiger partial charge in [0.1, 0.15) is 0 Å². The highest BCUT2D eigenvalue weighted by atomic mass is 35.5. The number of hydrogen-bond acceptors (Lipinski definition) is 4. The van der Waals surface area contributed by atoms with Gasteiger partial charge >= 0.3 is 5.97 Å². The molecule has 5 rings (SSSR count). The van der Waals surface area contributed by atoms with Crippen LogP contribution in [0.5, 0.6) is 0 Å². The van der Waals surface area contributed by atoms with Crippen molar-refractivity contribution in [1.82, 2.24) is 4.90 Å². The number of benzene rings is 2. The molecule has 6 nitrogen and oxygen atoms in total. The summed E-state index contributed by atoms with van der Waals surface area (Å²) in [5, 5.41) is 21.5. The summed E-state index contributed by atoms with van der Waals surface area (Å²) >= 11 is 12.8. The number of carboxylic acids is 1. The first-order chi connectivity index (χ1) is 14.8. The summed E-state index contributed by atoms with van der Waals surface area (Å²) < 4.78 is 0. The van der Waals surface area contributed by atoms with E-state index < -0.39 is 17.5 Å². The number of carboxylic acid groups (broad SMARTS) is 1. The Balaban J connectivity index is 1.59. The molecule has 2 fully saturated rings. The van der Waals surface area contributed by atoms with Crippen LogP contribution in [-0.2, 0) is 10.4 Å². The minimum atomic E-state index is -2.08. The minimum Gasteiger partial charge on any atom is -0.478 e. The van der Waals surface area contributed by atoms with Gasteiger partial charge in [-0.25, -0.2) is 4.79 Å². The quantitative estimate of drug-likeness (QED) is 0.654. The topological polar surface area (TPSA) is 81.1 Å². The Morgan fingerprint density at radius 1 is 1.10 bits per heavy atom. The van der Waals surface area contributed by atoms with E-state index in [2.05, 4.69) is 4.90 Å². The molecule has 0 spiro atoms. The number of nitrogens with zero attached hydrogens (tertiary/aromatic N) is 2. The van der Waals surface area contributed by atoms with Crippen molar-refractivity contribution >= 4 is 40.8 Å². The molecule has 2 aliphatic carbocycles. The maximum Gasteiger partial charge on any atom is 0.335 e. The van der Waals surface area contributed by atoms with Crippen molar-refractivity contribution in [3.8, 4) is 0 Å². The van der Waals surface area contributed by atoms with E-state index in [0.29, 0.717) is 30.9 Å². The Bertz CT molecular complexity index is 1070. The molecule has 0 saturated heterocycles. The van der Waals surface area contributed by atoms with E-state index in [9.17, 15) is 19.8 Å². The number of carbonyl (C=O) groups is 2. The number of aliphatic hydroxyl groups is 1. The van der Waals surface area contributed by atoms with E-state index in [4.69, 9.17) is 23.2 Å². The number of anilines is 1. The summed E-state index contributed by atoms with van der Waals surface area (Å²) in [6.45, 7) is 0.999. The molecule has 0 aromatic heterocycles. The number of hydrogen-bond donors (Lipinski definition) is 2. The van der Waals surface area contributed by atoms with Gasteiger partial charge in [0.2, 0.25) is 0 Å². The van der Waals surface area contributed by atoms with Gasteiger partial charge in [-0.05, 0) is 43.9 Å². The van der Waals surface area contributed by atoms with Crippen LogP contribution >= 0.6 is 23.2 Å². The zero-order chi connectivity index (χ0) is 21.9. The standard InChI is InChI=1S/C23H22Cl2N2O4/c24-17-4-2-1-3-16(17)23(31)20-18(25)11-13(21(28)29)12-19(20)27(22(23)30)10-9-26(14-5-6-14)15-7-8-15/h1-4,11-12,14-15,31H,5-10H2,(H,28,29). The Kier molecular flexibility index (Phi) is 5.01. The summed E-state index contributed by atoms with van der Waals surface area (Å²) in [7, 11) is 0. The van der Waals surface area contributed by atoms with E-state index in [-0.39, 0.29) is 26.7 Å². The highest BCUT2D eigenvalue weighted by molar-refractivity contribution is 6.35. The van der Waals surface area contributed by atoms with E-state index in [1.807, 2.05) is 0 Å². The predicted octanol–water partition coefficient (Wildman–Crippen LogP) is 3.90. The van der Waals surface area contributed by atoms with Crippen LogP contribution in [0.4, 0.5) is 5.69 Å². The lowest BCUT2D eigenvalue weighted by Crippen LogP contribution is -2.45. The second-order valence-corrected chi connectivity index (χ2v) is 9.32. The second-order valence-electron chi connectivity index (χ2n) is 8.50. The third-order valence-electron chi connectivity index (χ3n) is 6.40. The molecule has 1 unspecified atom stereocenters. The molecular weight excluding hydrogens is 439 g/mol. The molecule has 1 atom stereocenters. The maximum absolute atomic E-state index is 13.6. The monoisotopic (exact) mass is 460 g/mol. The summed E-state index contributed by atoms with van der Waals surface area (Å²) in [6, 6.07) is 10.4. The molecule has 3 aliphatic rings.